The molecule has 0 unspecified atom stereocenters. The molecule has 0 spiro atoms. The Morgan fingerprint density at radius 3 is 2.10 bits per heavy atom. The van der Waals surface area contributed by atoms with Crippen molar-refractivity contribution in [1.29, 1.82) is 0 Å². The summed E-state index contributed by atoms with van der Waals surface area (Å²) in [6.45, 7) is 13.0. The zero-order valence-electron chi connectivity index (χ0n) is 19.1. The number of imide groups is 1. The number of hydrogen-bond donors (Lipinski definition) is 0. The molecular weight excluding hydrogens is 382 g/mol. The van der Waals surface area contributed by atoms with Crippen LogP contribution in [-0.2, 0) is 9.47 Å². The summed E-state index contributed by atoms with van der Waals surface area (Å²) in [4.78, 5) is 26.5. The lowest BCUT2D eigenvalue weighted by Crippen LogP contribution is -2.47. The first-order valence-electron chi connectivity index (χ1n) is 10.5. The van der Waals surface area contributed by atoms with Crippen LogP contribution in [-0.4, -0.2) is 44.6 Å². The number of hydrogen-bond acceptors (Lipinski definition) is 5. The first kappa shape index (κ1) is 22.1. The van der Waals surface area contributed by atoms with Crippen molar-refractivity contribution in [3.8, 4) is 0 Å². The molecule has 0 atom stereocenters. The Kier molecular flexibility index (Phi) is 5.85. The fourth-order valence-corrected chi connectivity index (χ4v) is 3.69. The van der Waals surface area contributed by atoms with Gasteiger partial charge >= 0.3 is 12.2 Å². The lowest BCUT2D eigenvalue weighted by Gasteiger charge is -2.38. The average molecular weight is 416 g/mol. The first-order valence-corrected chi connectivity index (χ1v) is 10.5. The topological polar surface area (TPSA) is 73.7 Å². The fourth-order valence-electron chi connectivity index (χ4n) is 3.69. The molecule has 0 N–H and O–H groups in total. The highest BCUT2D eigenvalue weighted by Gasteiger charge is 2.38. The Morgan fingerprint density at radius 1 is 1.03 bits per heavy atom. The van der Waals surface area contributed by atoms with Crippen LogP contribution in [0.4, 0.5) is 9.59 Å². The molecule has 0 aliphatic heterocycles. The zero-order chi connectivity index (χ0) is 22.3. The molecule has 3 rings (SSSR count). The van der Waals surface area contributed by atoms with E-state index in [0.29, 0.717) is 0 Å². The molecular formula is C23H33N3O4. The van der Waals surface area contributed by atoms with Crippen LogP contribution in [0, 0.1) is 12.8 Å². The second kappa shape index (κ2) is 7.93. The number of para-hydroxylation sites is 1. The van der Waals surface area contributed by atoms with E-state index in [9.17, 15) is 9.59 Å². The van der Waals surface area contributed by atoms with Crippen LogP contribution in [0.3, 0.4) is 0 Å². The van der Waals surface area contributed by atoms with Gasteiger partial charge in [0.15, 0.2) is 0 Å². The standard InChI is InChI=1S/C23H33N3O4/c1-15-18-10-8-9-11-19(18)26(24-15)17-12-16(13-17)14-25(20(27)29-22(2,3)4)21(28)30-23(5,6)7/h8-11,16-17H,12-14H2,1-7H3. The second-order valence-electron chi connectivity index (χ2n) is 10.1. The van der Waals surface area contributed by atoms with Crippen LogP contribution < -0.4 is 0 Å². The molecule has 0 saturated heterocycles. The van der Waals surface area contributed by atoms with Gasteiger partial charge in [0.1, 0.15) is 11.2 Å². The van der Waals surface area contributed by atoms with Gasteiger partial charge in [0.25, 0.3) is 0 Å². The minimum Gasteiger partial charge on any atom is -0.443 e. The van der Waals surface area contributed by atoms with E-state index in [4.69, 9.17) is 14.6 Å². The van der Waals surface area contributed by atoms with Crippen LogP contribution >= 0.6 is 0 Å². The second-order valence-corrected chi connectivity index (χ2v) is 10.1. The minimum absolute atomic E-state index is 0.179. The maximum Gasteiger partial charge on any atom is 0.419 e. The average Bonchev–Trinajstić information content (AvgIpc) is 2.87. The highest BCUT2D eigenvalue weighted by Crippen LogP contribution is 2.40. The molecule has 1 aliphatic rings. The van der Waals surface area contributed by atoms with Crippen molar-refractivity contribution in [1.82, 2.24) is 14.7 Å². The van der Waals surface area contributed by atoms with Crippen molar-refractivity contribution in [3.63, 3.8) is 0 Å². The number of aromatic nitrogens is 2. The maximum absolute atomic E-state index is 12.7. The Balaban J connectivity index is 1.70. The number of rotatable bonds is 3. The monoisotopic (exact) mass is 415 g/mol. The normalized spacial score (nSPS) is 19.3. The summed E-state index contributed by atoms with van der Waals surface area (Å²) in [5.41, 5.74) is 0.753. The van der Waals surface area contributed by atoms with E-state index in [1.165, 1.54) is 0 Å². The molecule has 1 aromatic heterocycles. The van der Waals surface area contributed by atoms with Crippen molar-refractivity contribution in [3.05, 3.63) is 30.0 Å². The SMILES string of the molecule is Cc1nn(C2CC(CN(C(=O)OC(C)(C)C)C(=O)OC(C)(C)C)C2)c2ccccc12. The largest absolute Gasteiger partial charge is 0.443 e. The van der Waals surface area contributed by atoms with E-state index in [1.807, 2.05) is 19.1 Å². The van der Waals surface area contributed by atoms with Gasteiger partial charge in [-0.3, -0.25) is 4.68 Å². The lowest BCUT2D eigenvalue weighted by molar-refractivity contribution is -0.00630. The van der Waals surface area contributed by atoms with Gasteiger partial charge in [-0.05, 0) is 73.3 Å². The molecule has 7 nitrogen and oxygen atoms in total. The van der Waals surface area contributed by atoms with Crippen LogP contribution in [0.25, 0.3) is 10.9 Å². The van der Waals surface area contributed by atoms with Crippen LogP contribution in [0.5, 0.6) is 0 Å². The Bertz CT molecular complexity index is 902. The van der Waals surface area contributed by atoms with Gasteiger partial charge in [-0.25, -0.2) is 14.5 Å². The van der Waals surface area contributed by atoms with Crippen LogP contribution in [0.15, 0.2) is 24.3 Å². The highest BCUT2D eigenvalue weighted by atomic mass is 16.6. The van der Waals surface area contributed by atoms with Gasteiger partial charge in [0.2, 0.25) is 0 Å². The van der Waals surface area contributed by atoms with Gasteiger partial charge in [-0.2, -0.15) is 5.10 Å². The van der Waals surface area contributed by atoms with Gasteiger partial charge in [-0.1, -0.05) is 18.2 Å². The van der Waals surface area contributed by atoms with Crippen LogP contribution in [0.2, 0.25) is 0 Å². The number of benzene rings is 1. The molecule has 164 valence electrons. The van der Waals surface area contributed by atoms with Crippen molar-refractivity contribution in [2.45, 2.75) is 78.6 Å². The number of carbonyl (C=O) groups is 2. The molecule has 1 fully saturated rings. The first-order chi connectivity index (χ1) is 13.8. The van der Waals surface area contributed by atoms with Gasteiger partial charge < -0.3 is 9.47 Å². The fraction of sp³-hybridized carbons (Fsp3) is 0.609. The Labute approximate surface area is 178 Å². The van der Waals surface area contributed by atoms with Crippen molar-refractivity contribution in [2.24, 2.45) is 5.92 Å². The molecule has 30 heavy (non-hydrogen) atoms. The van der Waals surface area contributed by atoms with E-state index in [-0.39, 0.29) is 18.5 Å². The smallest absolute Gasteiger partial charge is 0.419 e. The summed E-state index contributed by atoms with van der Waals surface area (Å²) in [5.74, 6) is 0.179. The molecule has 1 aromatic carbocycles. The number of fused-ring (bicyclic) bond motifs is 1. The predicted molar refractivity (Wildman–Crippen MR) is 115 cm³/mol. The van der Waals surface area contributed by atoms with Crippen molar-refractivity contribution < 1.29 is 19.1 Å². The van der Waals surface area contributed by atoms with Crippen molar-refractivity contribution >= 4 is 23.1 Å². The number of amides is 2. The highest BCUT2D eigenvalue weighted by molar-refractivity contribution is 5.88. The molecule has 0 bridgehead atoms. The molecule has 0 radical (unpaired) electrons. The minimum atomic E-state index is -0.689. The number of carbonyl (C=O) groups excluding carboxylic acids is 2. The molecule has 2 amide bonds. The Hall–Kier alpha value is -2.57. The summed E-state index contributed by atoms with van der Waals surface area (Å²) in [6, 6.07) is 8.45. The quantitative estimate of drug-likeness (QED) is 0.665. The maximum atomic E-state index is 12.7. The van der Waals surface area contributed by atoms with E-state index >= 15 is 0 Å². The third-order valence-electron chi connectivity index (χ3n) is 5.02. The molecule has 1 saturated carbocycles. The lowest BCUT2D eigenvalue weighted by atomic mass is 9.80. The number of ether oxygens (including phenoxy) is 2. The van der Waals surface area contributed by atoms with Gasteiger partial charge in [0.05, 0.1) is 17.3 Å². The van der Waals surface area contributed by atoms with E-state index in [2.05, 4.69) is 16.8 Å². The third kappa shape index (κ3) is 5.12. The molecule has 2 aromatic rings. The van der Waals surface area contributed by atoms with Gasteiger partial charge in [-0.15, -0.1) is 0 Å². The zero-order valence-corrected chi connectivity index (χ0v) is 19.1. The summed E-state index contributed by atoms with van der Waals surface area (Å²) in [6.07, 6.45) is 0.349. The third-order valence-corrected chi connectivity index (χ3v) is 5.02. The Morgan fingerprint density at radius 2 is 1.57 bits per heavy atom. The van der Waals surface area contributed by atoms with E-state index in [0.717, 1.165) is 34.3 Å². The predicted octanol–water partition coefficient (Wildman–Crippen LogP) is 5.47. The molecule has 1 heterocycles. The van der Waals surface area contributed by atoms with E-state index in [1.54, 1.807) is 41.5 Å². The molecule has 7 heteroatoms. The van der Waals surface area contributed by atoms with Crippen LogP contribution in [0.1, 0.15) is 66.1 Å². The number of nitrogens with zero attached hydrogens (tertiary/aromatic N) is 3. The summed E-state index contributed by atoms with van der Waals surface area (Å²) < 4.78 is 13.0. The summed E-state index contributed by atoms with van der Waals surface area (Å²) >= 11 is 0. The molecule has 1 aliphatic carbocycles. The van der Waals surface area contributed by atoms with Gasteiger partial charge in [0, 0.05) is 11.9 Å². The summed E-state index contributed by atoms with van der Waals surface area (Å²) in [5, 5.41) is 5.87. The summed E-state index contributed by atoms with van der Waals surface area (Å²) in [7, 11) is 0. The van der Waals surface area contributed by atoms with E-state index < -0.39 is 23.4 Å². The number of aryl methyl sites for hydroxylation is 1. The van der Waals surface area contributed by atoms with Crippen molar-refractivity contribution in [2.75, 3.05) is 6.54 Å².